The molecule has 2 saturated carbocycles. The molecule has 2 aliphatic heterocycles. The highest BCUT2D eigenvalue weighted by molar-refractivity contribution is 7.89. The van der Waals surface area contributed by atoms with Crippen molar-refractivity contribution in [3.8, 4) is 0 Å². The molecule has 2 N–H and O–H groups in total. The molecule has 4 fully saturated rings. The first-order valence-electron chi connectivity index (χ1n) is 27.8. The molecule has 6 aromatic rings. The number of benzene rings is 4. The van der Waals surface area contributed by atoms with Crippen LogP contribution in [0.15, 0.2) is 82.8 Å². The SMILES string of the molecule is CNC(=O)c1ccc(N(Cc2ccc(C3CCCCC3)cn2)C(=O)[C@H]2CCN2S(=O)(=O)c2c(F)c(F)c(F)c(F)c2F)c(F)c1.O=C(O)c1ccc(N(Cc2ccc(C3CCCCC3)cn2)C(=O)[C@H]2CCN2S(=O)(=O)c2c(F)c(F)c(F)c(F)c2F)c(F)c1. The first-order chi connectivity index (χ1) is 42.2. The van der Waals surface area contributed by atoms with Crippen LogP contribution in [0.25, 0.3) is 0 Å². The summed E-state index contributed by atoms with van der Waals surface area (Å²) >= 11 is 0. The lowest BCUT2D eigenvalue weighted by molar-refractivity contribution is -0.125. The molecule has 10 rings (SSSR count). The number of carbonyl (C=O) groups is 4. The van der Waals surface area contributed by atoms with Crippen LogP contribution < -0.4 is 15.1 Å². The normalized spacial score (nSPS) is 17.6. The topological polar surface area (TPSA) is 208 Å². The molecule has 2 atom stereocenters. The van der Waals surface area contributed by atoms with Crippen molar-refractivity contribution in [2.75, 3.05) is 29.9 Å². The standard InChI is InChI=1S/C30H28F6N4O4S.C29H25F6N3O5S/c1-37-29(41)17-8-10-21(20(31)13-17)39(15-19-9-7-18(14-38-19)16-5-3-2-4-6-16)30(42)22-11-12-40(22)45(43,44)28-26(35)24(33)23(32)25(34)27(28)36;30-19-12-16(29(40)41)7-9-20(19)37(14-18-8-6-17(13-36-18)15-4-2-1-3-5-15)28(39)21-10-11-38(21)44(42,43)27-25(34)23(32)22(31)24(33)26(27)35/h7-10,13-14,16,22H,2-6,11-12,15H2,1H3,(H,37,41);6-9,12-13,15,21H,1-5,10-11,14H2,(H,40,41)/t22-;21-/m11/s1. The smallest absolute Gasteiger partial charge is 0.335 e. The van der Waals surface area contributed by atoms with Crippen molar-refractivity contribution in [2.45, 2.75) is 124 Å². The van der Waals surface area contributed by atoms with Crippen LogP contribution in [0, 0.1) is 69.8 Å². The molecule has 0 spiro atoms. The second-order valence-corrected chi connectivity index (χ2v) is 25.2. The summed E-state index contributed by atoms with van der Waals surface area (Å²) in [4.78, 5) is 57.3. The van der Waals surface area contributed by atoms with Gasteiger partial charge in [-0.3, -0.25) is 24.4 Å². The number of rotatable bonds is 16. The third-order valence-electron chi connectivity index (χ3n) is 16.2. The van der Waals surface area contributed by atoms with Crippen LogP contribution in [0.1, 0.15) is 132 Å². The van der Waals surface area contributed by atoms with Gasteiger partial charge in [0.15, 0.2) is 56.3 Å². The van der Waals surface area contributed by atoms with E-state index in [1.54, 1.807) is 24.5 Å². The maximum atomic E-state index is 15.4. The Morgan fingerprint density at radius 1 is 0.494 bits per heavy atom. The first kappa shape index (κ1) is 65.5. The van der Waals surface area contributed by atoms with Gasteiger partial charge < -0.3 is 20.2 Å². The van der Waals surface area contributed by atoms with Crippen LogP contribution in [0.5, 0.6) is 0 Å². The number of nitrogens with one attached hydrogen (secondary N) is 1. The zero-order valence-corrected chi connectivity index (χ0v) is 48.4. The second-order valence-electron chi connectivity index (χ2n) is 21.5. The zero-order chi connectivity index (χ0) is 64.6. The lowest BCUT2D eigenvalue weighted by atomic mass is 9.85. The van der Waals surface area contributed by atoms with Gasteiger partial charge in [0.1, 0.15) is 23.7 Å². The van der Waals surface area contributed by atoms with E-state index in [0.29, 0.717) is 27.9 Å². The second kappa shape index (κ2) is 26.6. The van der Waals surface area contributed by atoms with Gasteiger partial charge in [0.2, 0.25) is 43.5 Å². The van der Waals surface area contributed by atoms with Crippen LogP contribution >= 0.6 is 0 Å². The van der Waals surface area contributed by atoms with Gasteiger partial charge in [0, 0.05) is 38.1 Å². The Hall–Kier alpha value is -7.96. The number of anilines is 2. The van der Waals surface area contributed by atoms with E-state index in [1.807, 2.05) is 12.1 Å². The summed E-state index contributed by atoms with van der Waals surface area (Å²) in [5.74, 6) is -31.0. The number of pyridine rings is 2. The molecule has 0 radical (unpaired) electrons. The highest BCUT2D eigenvalue weighted by Crippen LogP contribution is 2.39. The number of hydrogen-bond donors (Lipinski definition) is 2. The molecule has 2 saturated heterocycles. The minimum Gasteiger partial charge on any atom is -0.478 e. The van der Waals surface area contributed by atoms with Gasteiger partial charge in [0.05, 0.1) is 41.4 Å². The van der Waals surface area contributed by atoms with Crippen LogP contribution in [0.4, 0.5) is 64.1 Å². The van der Waals surface area contributed by atoms with Crippen molar-refractivity contribution in [2.24, 2.45) is 0 Å². The number of carbonyl (C=O) groups excluding carboxylic acids is 3. The number of amides is 3. The largest absolute Gasteiger partial charge is 0.478 e. The Balaban J connectivity index is 0.000000211. The van der Waals surface area contributed by atoms with Crippen molar-refractivity contribution < 1.29 is 93.8 Å². The predicted molar refractivity (Wildman–Crippen MR) is 293 cm³/mol. The van der Waals surface area contributed by atoms with E-state index >= 15 is 8.78 Å². The lowest BCUT2D eigenvalue weighted by Crippen LogP contribution is -2.59. The molecular weight excluding hydrogens is 1240 g/mol. The fourth-order valence-corrected chi connectivity index (χ4v) is 14.7. The number of sulfonamides is 2. The summed E-state index contributed by atoms with van der Waals surface area (Å²) in [6, 6.07) is 9.43. The summed E-state index contributed by atoms with van der Waals surface area (Å²) in [6.07, 6.45) is 13.5. The number of aromatic nitrogens is 2. The van der Waals surface area contributed by atoms with Gasteiger partial charge in [-0.15, -0.1) is 0 Å². The van der Waals surface area contributed by atoms with Gasteiger partial charge >= 0.3 is 5.97 Å². The molecule has 2 aromatic heterocycles. The number of aromatic carboxylic acids is 1. The van der Waals surface area contributed by atoms with Crippen LogP contribution in [0.3, 0.4) is 0 Å². The number of hydrogen-bond acceptors (Lipinski definition) is 10. The molecule has 89 heavy (non-hydrogen) atoms. The quantitative estimate of drug-likeness (QED) is 0.0529. The van der Waals surface area contributed by atoms with Gasteiger partial charge in [-0.25, -0.2) is 74.3 Å². The number of carboxylic acid groups (broad SMARTS) is 1. The number of halogens is 12. The van der Waals surface area contributed by atoms with E-state index in [4.69, 9.17) is 0 Å². The Bertz CT molecular complexity index is 3940. The molecule has 0 bridgehead atoms. The van der Waals surface area contributed by atoms with Crippen molar-refractivity contribution in [3.63, 3.8) is 0 Å². The summed E-state index contributed by atoms with van der Waals surface area (Å²) in [6.45, 7) is -1.79. The fourth-order valence-electron chi connectivity index (χ4n) is 11.2. The first-order valence-corrected chi connectivity index (χ1v) is 30.7. The number of carboxylic acids is 1. The maximum absolute atomic E-state index is 15.4. The van der Waals surface area contributed by atoms with Crippen LogP contribution in [-0.2, 0) is 42.7 Å². The monoisotopic (exact) mass is 1300 g/mol. The lowest BCUT2D eigenvalue weighted by Gasteiger charge is -2.41. The average Bonchev–Trinajstić information content (AvgIpc) is 0.962. The maximum Gasteiger partial charge on any atom is 0.335 e. The van der Waals surface area contributed by atoms with Gasteiger partial charge in [-0.05, 0) is 110 Å². The van der Waals surface area contributed by atoms with Crippen LogP contribution in [0.2, 0.25) is 0 Å². The van der Waals surface area contributed by atoms with Gasteiger partial charge in [-0.2, -0.15) is 8.61 Å². The minimum atomic E-state index is -5.45. The third kappa shape index (κ3) is 12.9. The molecule has 30 heteroatoms. The minimum absolute atomic E-state index is 0.0692. The molecule has 474 valence electrons. The molecule has 0 unspecified atom stereocenters. The van der Waals surface area contributed by atoms with E-state index in [2.05, 4.69) is 15.3 Å². The van der Waals surface area contributed by atoms with Crippen LogP contribution in [-0.4, -0.2) is 96.4 Å². The Kier molecular flexibility index (Phi) is 19.6. The van der Waals surface area contributed by atoms with E-state index in [1.165, 1.54) is 13.1 Å². The third-order valence-corrected chi connectivity index (χ3v) is 20.1. The highest BCUT2D eigenvalue weighted by Gasteiger charge is 2.50. The Labute approximate surface area is 501 Å². The summed E-state index contributed by atoms with van der Waals surface area (Å²) in [7, 11) is -9.55. The molecular formula is C59H53F12N7O9S2. The molecule has 4 aliphatic rings. The fraction of sp³-hybridized carbons (Fsp3) is 0.356. The van der Waals surface area contributed by atoms with Crippen molar-refractivity contribution in [1.29, 1.82) is 0 Å². The van der Waals surface area contributed by atoms with E-state index in [0.717, 1.165) is 109 Å². The Morgan fingerprint density at radius 3 is 1.15 bits per heavy atom. The van der Waals surface area contributed by atoms with E-state index in [9.17, 15) is 85.0 Å². The van der Waals surface area contributed by atoms with E-state index in [-0.39, 0.29) is 40.6 Å². The molecule has 16 nitrogen and oxygen atoms in total. The van der Waals surface area contributed by atoms with E-state index < -0.39 is 166 Å². The average molecular weight is 1300 g/mol. The van der Waals surface area contributed by atoms with Gasteiger partial charge in [-0.1, -0.05) is 50.7 Å². The molecule has 2 aliphatic carbocycles. The molecule has 4 heterocycles. The number of nitrogens with zero attached hydrogens (tertiary/aromatic N) is 6. The predicted octanol–water partition coefficient (Wildman–Crippen LogP) is 11.0. The molecule has 3 amide bonds. The zero-order valence-electron chi connectivity index (χ0n) is 46.8. The van der Waals surface area contributed by atoms with Crippen molar-refractivity contribution in [1.82, 2.24) is 23.9 Å². The summed E-state index contributed by atoms with van der Waals surface area (Å²) in [5.41, 5.74) is 1.22. The highest BCUT2D eigenvalue weighted by atomic mass is 32.2. The Morgan fingerprint density at radius 2 is 0.843 bits per heavy atom. The van der Waals surface area contributed by atoms with Gasteiger partial charge in [0.25, 0.3) is 5.91 Å². The van der Waals surface area contributed by atoms with Crippen molar-refractivity contribution >= 4 is 55.1 Å². The summed E-state index contributed by atoms with van der Waals surface area (Å²) in [5, 5.41) is 11.6. The molecule has 4 aromatic carbocycles. The van der Waals surface area contributed by atoms with Crippen molar-refractivity contribution in [3.05, 3.63) is 177 Å². The summed E-state index contributed by atoms with van der Waals surface area (Å²) < 4.78 is 224.